The van der Waals surface area contributed by atoms with Gasteiger partial charge in [-0.25, -0.2) is 4.79 Å². The van der Waals surface area contributed by atoms with Crippen molar-refractivity contribution in [2.24, 2.45) is 5.73 Å². The Morgan fingerprint density at radius 3 is 2.58 bits per heavy atom. The van der Waals surface area contributed by atoms with Gasteiger partial charge in [-0.2, -0.15) is 13.2 Å². The number of carbonyl (C=O) groups is 1. The third-order valence-corrected chi connectivity index (χ3v) is 2.51. The zero-order valence-electron chi connectivity index (χ0n) is 9.92. The van der Waals surface area contributed by atoms with Crippen LogP contribution in [0, 0.1) is 0 Å². The van der Waals surface area contributed by atoms with E-state index in [1.807, 2.05) is 0 Å². The van der Waals surface area contributed by atoms with E-state index in [1.54, 1.807) is 0 Å². The first-order valence-electron chi connectivity index (χ1n) is 5.20. The summed E-state index contributed by atoms with van der Waals surface area (Å²) in [6.45, 7) is -0.124. The Bertz CT molecular complexity index is 466. The van der Waals surface area contributed by atoms with Gasteiger partial charge in [0.05, 0.1) is 12.7 Å². The second-order valence-corrected chi connectivity index (χ2v) is 4.12. The summed E-state index contributed by atoms with van der Waals surface area (Å²) >= 11 is 5.61. The molecule has 106 valence electrons. The minimum atomic E-state index is -4.52. The fourth-order valence-corrected chi connectivity index (χ4v) is 1.63. The highest BCUT2D eigenvalue weighted by Gasteiger charge is 2.31. The molecule has 0 saturated carbocycles. The van der Waals surface area contributed by atoms with E-state index >= 15 is 0 Å². The van der Waals surface area contributed by atoms with Crippen LogP contribution in [-0.2, 0) is 15.7 Å². The number of esters is 1. The molecule has 0 aromatic heterocycles. The third-order valence-electron chi connectivity index (χ3n) is 2.29. The lowest BCUT2D eigenvalue weighted by Gasteiger charge is -2.17. The van der Waals surface area contributed by atoms with Crippen molar-refractivity contribution in [3.8, 4) is 0 Å². The second-order valence-electron chi connectivity index (χ2n) is 3.68. The number of methoxy groups -OCH3 is 1. The van der Waals surface area contributed by atoms with Crippen molar-refractivity contribution in [3.63, 3.8) is 0 Å². The average Bonchev–Trinajstić information content (AvgIpc) is 2.33. The van der Waals surface area contributed by atoms with Crippen LogP contribution in [0.5, 0.6) is 0 Å². The highest BCUT2D eigenvalue weighted by Crippen LogP contribution is 2.33. The van der Waals surface area contributed by atoms with E-state index in [2.05, 4.69) is 10.1 Å². The Kier molecular flexibility index (Phi) is 5.02. The lowest BCUT2D eigenvalue weighted by atomic mass is 10.1. The first-order chi connectivity index (χ1) is 8.77. The molecule has 4 nitrogen and oxygen atoms in total. The van der Waals surface area contributed by atoms with E-state index in [0.717, 1.165) is 19.2 Å². The molecule has 0 amide bonds. The molecule has 0 spiro atoms. The smallest absolute Gasteiger partial charge is 0.416 e. The average molecular weight is 297 g/mol. The maximum atomic E-state index is 12.6. The molecule has 0 aliphatic rings. The number of hydrogen-bond acceptors (Lipinski definition) is 4. The summed E-state index contributed by atoms with van der Waals surface area (Å²) in [5.41, 5.74) is 4.47. The van der Waals surface area contributed by atoms with Gasteiger partial charge in [0, 0.05) is 17.3 Å². The molecule has 1 unspecified atom stereocenters. The molecule has 0 aliphatic carbocycles. The number of nitrogens with one attached hydrogen (secondary N) is 1. The minimum Gasteiger partial charge on any atom is -0.467 e. The van der Waals surface area contributed by atoms with E-state index in [4.69, 9.17) is 17.3 Å². The fraction of sp³-hybridized carbons (Fsp3) is 0.364. The van der Waals surface area contributed by atoms with Gasteiger partial charge in [0.2, 0.25) is 0 Å². The van der Waals surface area contributed by atoms with Gasteiger partial charge in [0.1, 0.15) is 6.04 Å². The Morgan fingerprint density at radius 1 is 1.47 bits per heavy atom. The van der Waals surface area contributed by atoms with Gasteiger partial charge < -0.3 is 15.8 Å². The monoisotopic (exact) mass is 296 g/mol. The molecule has 0 saturated heterocycles. The van der Waals surface area contributed by atoms with Crippen molar-refractivity contribution in [1.29, 1.82) is 0 Å². The van der Waals surface area contributed by atoms with E-state index in [0.29, 0.717) is 0 Å². The number of carbonyl (C=O) groups excluding carboxylic acids is 1. The molecule has 1 rings (SSSR count). The van der Waals surface area contributed by atoms with E-state index in [9.17, 15) is 18.0 Å². The molecular formula is C11H12ClF3N2O2. The van der Waals surface area contributed by atoms with Crippen molar-refractivity contribution < 1.29 is 22.7 Å². The summed E-state index contributed by atoms with van der Waals surface area (Å²) in [5, 5.41) is 2.45. The van der Waals surface area contributed by atoms with Crippen LogP contribution in [0.3, 0.4) is 0 Å². The van der Waals surface area contributed by atoms with Crippen molar-refractivity contribution in [3.05, 3.63) is 28.8 Å². The molecule has 19 heavy (non-hydrogen) atoms. The molecule has 0 bridgehead atoms. The van der Waals surface area contributed by atoms with E-state index in [1.165, 1.54) is 6.07 Å². The summed E-state index contributed by atoms with van der Waals surface area (Å²) in [7, 11) is 1.16. The predicted octanol–water partition coefficient (Wildman–Crippen LogP) is 2.27. The molecule has 0 aliphatic heterocycles. The summed E-state index contributed by atoms with van der Waals surface area (Å²) in [5.74, 6) is -0.670. The van der Waals surface area contributed by atoms with Crippen LogP contribution in [-0.4, -0.2) is 25.7 Å². The highest BCUT2D eigenvalue weighted by atomic mass is 35.5. The standard InChI is InChI=1S/C11H12ClF3N2O2/c1-19-10(18)9(5-16)17-8-3-6(11(13,14)15)2-7(12)4-8/h2-4,9,17H,5,16H2,1H3. The second kappa shape index (κ2) is 6.12. The Morgan fingerprint density at radius 2 is 2.11 bits per heavy atom. The van der Waals surface area contributed by atoms with Crippen LogP contribution in [0.25, 0.3) is 0 Å². The number of nitrogens with two attached hydrogens (primary N) is 1. The topological polar surface area (TPSA) is 64.3 Å². The number of rotatable bonds is 4. The van der Waals surface area contributed by atoms with Crippen LogP contribution >= 0.6 is 11.6 Å². The Balaban J connectivity index is 3.01. The number of benzene rings is 1. The van der Waals surface area contributed by atoms with Crippen molar-refractivity contribution in [2.75, 3.05) is 19.0 Å². The zero-order chi connectivity index (χ0) is 14.6. The molecule has 8 heteroatoms. The minimum absolute atomic E-state index is 0.0423. The largest absolute Gasteiger partial charge is 0.467 e. The molecule has 3 N–H and O–H groups in total. The molecule has 1 aromatic carbocycles. The van der Waals surface area contributed by atoms with Gasteiger partial charge in [-0.05, 0) is 18.2 Å². The molecule has 1 atom stereocenters. The number of alkyl halides is 3. The van der Waals surface area contributed by atoms with Crippen LogP contribution < -0.4 is 11.1 Å². The van der Waals surface area contributed by atoms with Gasteiger partial charge in [0.25, 0.3) is 0 Å². The quantitative estimate of drug-likeness (QED) is 0.837. The number of anilines is 1. The van der Waals surface area contributed by atoms with Gasteiger partial charge in [-0.3, -0.25) is 0 Å². The highest BCUT2D eigenvalue weighted by molar-refractivity contribution is 6.31. The van der Waals surface area contributed by atoms with Crippen LogP contribution in [0.15, 0.2) is 18.2 Å². The first kappa shape index (κ1) is 15.6. The predicted molar refractivity (Wildman–Crippen MR) is 64.9 cm³/mol. The number of halogens is 4. The van der Waals surface area contributed by atoms with Crippen LogP contribution in [0.4, 0.5) is 18.9 Å². The van der Waals surface area contributed by atoms with Gasteiger partial charge in [-0.1, -0.05) is 11.6 Å². The summed E-state index contributed by atoms with van der Waals surface area (Å²) in [6.07, 6.45) is -4.52. The van der Waals surface area contributed by atoms with Crippen molar-refractivity contribution in [2.45, 2.75) is 12.2 Å². The molecule has 0 fully saturated rings. The molecule has 0 heterocycles. The maximum absolute atomic E-state index is 12.6. The van der Waals surface area contributed by atoms with E-state index in [-0.39, 0.29) is 17.3 Å². The van der Waals surface area contributed by atoms with Crippen LogP contribution in [0.1, 0.15) is 5.56 Å². The SMILES string of the molecule is COC(=O)C(CN)Nc1cc(Cl)cc(C(F)(F)F)c1. The first-order valence-corrected chi connectivity index (χ1v) is 5.58. The number of ether oxygens (including phenoxy) is 1. The summed E-state index contributed by atoms with van der Waals surface area (Å²) < 4.78 is 42.2. The Hall–Kier alpha value is -1.47. The Labute approximate surface area is 112 Å². The van der Waals surface area contributed by atoms with Gasteiger partial charge in [-0.15, -0.1) is 0 Å². The van der Waals surface area contributed by atoms with Gasteiger partial charge >= 0.3 is 12.1 Å². The third kappa shape index (κ3) is 4.29. The van der Waals surface area contributed by atoms with Crippen LogP contribution in [0.2, 0.25) is 5.02 Å². The molecule has 0 radical (unpaired) electrons. The molecular weight excluding hydrogens is 285 g/mol. The molecule has 1 aromatic rings. The van der Waals surface area contributed by atoms with Gasteiger partial charge in [0.15, 0.2) is 0 Å². The normalized spacial score (nSPS) is 12.9. The summed E-state index contributed by atoms with van der Waals surface area (Å²) in [4.78, 5) is 11.3. The lowest BCUT2D eigenvalue weighted by Crippen LogP contribution is -2.37. The fourth-order valence-electron chi connectivity index (χ4n) is 1.39. The lowest BCUT2D eigenvalue weighted by molar-refractivity contribution is -0.141. The van der Waals surface area contributed by atoms with E-state index < -0.39 is 23.8 Å². The summed E-state index contributed by atoms with van der Waals surface area (Å²) in [6, 6.07) is 1.96. The number of hydrogen-bond donors (Lipinski definition) is 2. The maximum Gasteiger partial charge on any atom is 0.416 e. The van der Waals surface area contributed by atoms with Crippen molar-refractivity contribution in [1.82, 2.24) is 0 Å². The zero-order valence-corrected chi connectivity index (χ0v) is 10.7. The van der Waals surface area contributed by atoms with Crippen molar-refractivity contribution >= 4 is 23.3 Å².